The van der Waals surface area contributed by atoms with Crippen molar-refractivity contribution in [2.45, 2.75) is 6.92 Å². The summed E-state index contributed by atoms with van der Waals surface area (Å²) in [5, 5.41) is 8.52. The zero-order valence-corrected chi connectivity index (χ0v) is 10.1. The number of hydrogen-bond donors (Lipinski definition) is 1. The van der Waals surface area contributed by atoms with E-state index in [-0.39, 0.29) is 0 Å². The molecule has 0 amide bonds. The van der Waals surface area contributed by atoms with Gasteiger partial charge in [0.25, 0.3) is 0 Å². The van der Waals surface area contributed by atoms with Gasteiger partial charge in [0, 0.05) is 17.8 Å². The molecule has 0 aliphatic heterocycles. The minimum Gasteiger partial charge on any atom is -0.478 e. The maximum Gasteiger partial charge on any atom is 0.328 e. The third-order valence-corrected chi connectivity index (χ3v) is 2.05. The second-order valence-corrected chi connectivity index (χ2v) is 3.60. The molecule has 0 bridgehead atoms. The van der Waals surface area contributed by atoms with E-state index in [2.05, 4.69) is 23.1 Å². The van der Waals surface area contributed by atoms with Gasteiger partial charge in [-0.3, -0.25) is 4.98 Å². The van der Waals surface area contributed by atoms with Crippen molar-refractivity contribution in [3.05, 3.63) is 66.8 Å². The Labute approximate surface area is 106 Å². The normalized spacial score (nSPS) is 11.5. The van der Waals surface area contributed by atoms with Crippen LogP contribution in [0.4, 0.5) is 0 Å². The van der Waals surface area contributed by atoms with Crippen molar-refractivity contribution in [1.29, 1.82) is 0 Å². The van der Waals surface area contributed by atoms with E-state index in [1.165, 1.54) is 6.08 Å². The monoisotopic (exact) mass is 242 g/mol. The lowest BCUT2D eigenvalue weighted by atomic mass is 10.1. The SMILES string of the molecule is C=C/C(=C\C(=C)/C=C/C(=O)O)c1cncc(C)n1. The van der Waals surface area contributed by atoms with Gasteiger partial charge in [0.1, 0.15) is 0 Å². The van der Waals surface area contributed by atoms with E-state index in [9.17, 15) is 4.79 Å². The molecule has 0 aliphatic rings. The van der Waals surface area contributed by atoms with Crippen LogP contribution in [-0.2, 0) is 4.79 Å². The van der Waals surface area contributed by atoms with Crippen molar-refractivity contribution < 1.29 is 9.90 Å². The van der Waals surface area contributed by atoms with Gasteiger partial charge in [-0.25, -0.2) is 9.78 Å². The van der Waals surface area contributed by atoms with Crippen molar-refractivity contribution >= 4 is 11.5 Å². The lowest BCUT2D eigenvalue weighted by Gasteiger charge is -2.02. The average molecular weight is 242 g/mol. The summed E-state index contributed by atoms with van der Waals surface area (Å²) in [5.74, 6) is -1.01. The number of carboxylic acids is 1. The molecule has 18 heavy (non-hydrogen) atoms. The fourth-order valence-electron chi connectivity index (χ4n) is 1.27. The van der Waals surface area contributed by atoms with Gasteiger partial charge < -0.3 is 5.11 Å². The van der Waals surface area contributed by atoms with Crippen LogP contribution in [0.2, 0.25) is 0 Å². The highest BCUT2D eigenvalue weighted by Crippen LogP contribution is 2.15. The fraction of sp³-hybridized carbons (Fsp3) is 0.0714. The van der Waals surface area contributed by atoms with Gasteiger partial charge in [-0.15, -0.1) is 0 Å². The zero-order chi connectivity index (χ0) is 13.5. The molecule has 4 heteroatoms. The van der Waals surface area contributed by atoms with E-state index in [0.29, 0.717) is 11.3 Å². The van der Waals surface area contributed by atoms with Gasteiger partial charge in [-0.05, 0) is 24.6 Å². The van der Waals surface area contributed by atoms with Crippen LogP contribution in [0.3, 0.4) is 0 Å². The topological polar surface area (TPSA) is 63.1 Å². The van der Waals surface area contributed by atoms with Crippen LogP contribution in [0, 0.1) is 6.92 Å². The van der Waals surface area contributed by atoms with Crippen molar-refractivity contribution in [3.63, 3.8) is 0 Å². The molecule has 0 fully saturated rings. The predicted molar refractivity (Wildman–Crippen MR) is 70.9 cm³/mol. The van der Waals surface area contributed by atoms with Gasteiger partial charge in [0.2, 0.25) is 0 Å². The van der Waals surface area contributed by atoms with Crippen LogP contribution in [0.15, 0.2) is 55.4 Å². The van der Waals surface area contributed by atoms with Gasteiger partial charge in [-0.1, -0.05) is 19.2 Å². The number of aryl methyl sites for hydroxylation is 1. The molecule has 1 aromatic rings. The van der Waals surface area contributed by atoms with E-state index in [4.69, 9.17) is 5.11 Å². The van der Waals surface area contributed by atoms with Crippen molar-refractivity contribution in [3.8, 4) is 0 Å². The highest BCUT2D eigenvalue weighted by atomic mass is 16.4. The molecule has 0 aliphatic carbocycles. The Morgan fingerprint density at radius 1 is 1.39 bits per heavy atom. The first kappa shape index (κ1) is 13.6. The molecule has 1 aromatic heterocycles. The average Bonchev–Trinajstić information content (AvgIpc) is 2.33. The third-order valence-electron chi connectivity index (χ3n) is 2.05. The molecule has 0 aromatic carbocycles. The zero-order valence-electron chi connectivity index (χ0n) is 10.1. The number of nitrogens with zero attached hydrogens (tertiary/aromatic N) is 2. The molecule has 0 unspecified atom stereocenters. The lowest BCUT2D eigenvalue weighted by Crippen LogP contribution is -1.92. The highest BCUT2D eigenvalue weighted by molar-refractivity contribution is 5.81. The van der Waals surface area contributed by atoms with Crippen LogP contribution >= 0.6 is 0 Å². The Morgan fingerprint density at radius 3 is 2.67 bits per heavy atom. The molecule has 0 radical (unpaired) electrons. The van der Waals surface area contributed by atoms with E-state index < -0.39 is 5.97 Å². The predicted octanol–water partition coefficient (Wildman–Crippen LogP) is 2.55. The summed E-state index contributed by atoms with van der Waals surface area (Å²) in [7, 11) is 0. The molecule has 1 N–H and O–H groups in total. The van der Waals surface area contributed by atoms with Crippen LogP contribution in [-0.4, -0.2) is 21.0 Å². The minimum atomic E-state index is -1.01. The van der Waals surface area contributed by atoms with Crippen molar-refractivity contribution in [2.75, 3.05) is 0 Å². The van der Waals surface area contributed by atoms with Crippen LogP contribution in [0.5, 0.6) is 0 Å². The highest BCUT2D eigenvalue weighted by Gasteiger charge is 2.00. The number of carboxylic acid groups (broad SMARTS) is 1. The van der Waals surface area contributed by atoms with Crippen molar-refractivity contribution in [1.82, 2.24) is 9.97 Å². The van der Waals surface area contributed by atoms with Gasteiger partial charge >= 0.3 is 5.97 Å². The summed E-state index contributed by atoms with van der Waals surface area (Å²) in [4.78, 5) is 18.7. The molecule has 92 valence electrons. The number of allylic oxidation sites excluding steroid dienone is 5. The summed E-state index contributed by atoms with van der Waals surface area (Å²) < 4.78 is 0. The summed E-state index contributed by atoms with van der Waals surface area (Å²) >= 11 is 0. The van der Waals surface area contributed by atoms with E-state index >= 15 is 0 Å². The molecule has 0 saturated heterocycles. The Kier molecular flexibility index (Phi) is 4.75. The quantitative estimate of drug-likeness (QED) is 0.636. The van der Waals surface area contributed by atoms with Gasteiger partial charge in [0.15, 0.2) is 0 Å². The Hall–Kier alpha value is -2.49. The maximum absolute atomic E-state index is 10.4. The molecular weight excluding hydrogens is 228 g/mol. The van der Waals surface area contributed by atoms with Crippen LogP contribution in [0.25, 0.3) is 5.57 Å². The first-order valence-corrected chi connectivity index (χ1v) is 5.26. The summed E-state index contributed by atoms with van der Waals surface area (Å²) in [5.41, 5.74) is 2.77. The smallest absolute Gasteiger partial charge is 0.328 e. The number of hydrogen-bond acceptors (Lipinski definition) is 3. The molecule has 4 nitrogen and oxygen atoms in total. The standard InChI is InChI=1S/C14H14N2O2/c1-4-12(7-10(2)5-6-14(17)18)13-9-15-8-11(3)16-13/h4-9H,1-2H2,3H3,(H,17,18)/b6-5+,12-7+. The molecule has 1 rings (SSSR count). The molecule has 0 saturated carbocycles. The van der Waals surface area contributed by atoms with Crippen LogP contribution < -0.4 is 0 Å². The Bertz CT molecular complexity index is 542. The maximum atomic E-state index is 10.4. The largest absolute Gasteiger partial charge is 0.478 e. The number of carbonyl (C=O) groups is 1. The number of aromatic nitrogens is 2. The third kappa shape index (κ3) is 4.17. The second-order valence-electron chi connectivity index (χ2n) is 3.60. The lowest BCUT2D eigenvalue weighted by molar-refractivity contribution is -0.131. The molecular formula is C14H14N2O2. The van der Waals surface area contributed by atoms with E-state index in [1.807, 2.05) is 6.92 Å². The molecule has 1 heterocycles. The first-order valence-electron chi connectivity index (χ1n) is 5.26. The minimum absolute atomic E-state index is 0.551. The summed E-state index contributed by atoms with van der Waals surface area (Å²) in [6, 6.07) is 0. The number of rotatable bonds is 5. The van der Waals surface area contributed by atoms with Gasteiger partial charge in [0.05, 0.1) is 17.6 Å². The van der Waals surface area contributed by atoms with E-state index in [0.717, 1.165) is 17.3 Å². The van der Waals surface area contributed by atoms with Crippen LogP contribution in [0.1, 0.15) is 11.4 Å². The summed E-state index contributed by atoms with van der Waals surface area (Å²) in [6.07, 6.45) is 9.05. The first-order chi connectivity index (χ1) is 8.52. The van der Waals surface area contributed by atoms with Crippen molar-refractivity contribution in [2.24, 2.45) is 0 Å². The Balaban J connectivity index is 3.00. The van der Waals surface area contributed by atoms with E-state index in [1.54, 1.807) is 24.5 Å². The summed E-state index contributed by atoms with van der Waals surface area (Å²) in [6.45, 7) is 9.28. The molecule has 0 spiro atoms. The second kappa shape index (κ2) is 6.30. The number of aliphatic carboxylic acids is 1. The van der Waals surface area contributed by atoms with Gasteiger partial charge in [-0.2, -0.15) is 0 Å². The molecule has 0 atom stereocenters. The Morgan fingerprint density at radius 2 is 2.11 bits per heavy atom. The fourth-order valence-corrected chi connectivity index (χ4v) is 1.27.